The third-order valence-corrected chi connectivity index (χ3v) is 3.48. The second-order valence-corrected chi connectivity index (χ2v) is 4.58. The van der Waals surface area contributed by atoms with Crippen LogP contribution in [0.2, 0.25) is 0 Å². The van der Waals surface area contributed by atoms with E-state index in [-0.39, 0.29) is 5.78 Å². The van der Waals surface area contributed by atoms with E-state index in [1.165, 1.54) is 0 Å². The van der Waals surface area contributed by atoms with Crippen molar-refractivity contribution >= 4 is 16.6 Å². The van der Waals surface area contributed by atoms with Crippen molar-refractivity contribution in [1.29, 1.82) is 0 Å². The zero-order chi connectivity index (χ0) is 13.7. The Balaban J connectivity index is 2.17. The van der Waals surface area contributed by atoms with Crippen molar-refractivity contribution in [2.75, 3.05) is 19.6 Å². The molecule has 99 valence electrons. The summed E-state index contributed by atoms with van der Waals surface area (Å²) in [5, 5.41) is 2.15. The molecule has 2 aromatic rings. The van der Waals surface area contributed by atoms with Gasteiger partial charge in [-0.2, -0.15) is 0 Å². The molecule has 0 bridgehead atoms. The van der Waals surface area contributed by atoms with Crippen molar-refractivity contribution in [3.8, 4) is 0 Å². The van der Waals surface area contributed by atoms with E-state index in [1.807, 2.05) is 42.5 Å². The summed E-state index contributed by atoms with van der Waals surface area (Å²) in [5.74, 6) is 0.115. The van der Waals surface area contributed by atoms with Crippen LogP contribution in [0.4, 0.5) is 0 Å². The zero-order valence-electron chi connectivity index (χ0n) is 11.6. The summed E-state index contributed by atoms with van der Waals surface area (Å²) < 4.78 is 0. The molecule has 2 rings (SSSR count). The number of Topliss-reactive ketones (excluding diaryl/α,β-unsaturated/α-hetero) is 1. The molecule has 0 aromatic heterocycles. The van der Waals surface area contributed by atoms with Crippen LogP contribution in [0, 0.1) is 6.42 Å². The molecule has 0 fully saturated rings. The minimum Gasteiger partial charge on any atom is -0.303 e. The molecule has 0 atom stereocenters. The molecule has 0 amide bonds. The molecule has 0 saturated heterocycles. The van der Waals surface area contributed by atoms with Gasteiger partial charge in [0.05, 0.1) is 0 Å². The van der Waals surface area contributed by atoms with Crippen molar-refractivity contribution in [1.82, 2.24) is 4.90 Å². The number of rotatable bonds is 6. The van der Waals surface area contributed by atoms with Gasteiger partial charge < -0.3 is 4.90 Å². The highest BCUT2D eigenvalue weighted by molar-refractivity contribution is 6.12. The van der Waals surface area contributed by atoms with Crippen LogP contribution in [0.25, 0.3) is 10.8 Å². The third-order valence-electron chi connectivity index (χ3n) is 3.48. The zero-order valence-corrected chi connectivity index (χ0v) is 11.6. The monoisotopic (exact) mass is 254 g/mol. The number of nitrogens with zero attached hydrogens (tertiary/aromatic N) is 1. The number of hydrogen-bond acceptors (Lipinski definition) is 2. The first-order valence-electron chi connectivity index (χ1n) is 6.84. The van der Waals surface area contributed by atoms with Gasteiger partial charge in [0.1, 0.15) is 0 Å². The molecule has 0 saturated carbocycles. The minimum atomic E-state index is 0.115. The first-order valence-corrected chi connectivity index (χ1v) is 6.84. The van der Waals surface area contributed by atoms with Crippen LogP contribution in [0.15, 0.2) is 42.5 Å². The summed E-state index contributed by atoms with van der Waals surface area (Å²) in [4.78, 5) is 14.5. The maximum atomic E-state index is 12.3. The molecule has 2 nitrogen and oxygen atoms in total. The fraction of sp³-hybridized carbons (Fsp3) is 0.294. The van der Waals surface area contributed by atoms with Gasteiger partial charge in [-0.1, -0.05) is 56.3 Å². The maximum Gasteiger partial charge on any atom is 0.168 e. The molecule has 2 aromatic carbocycles. The molecule has 1 radical (unpaired) electrons. The smallest absolute Gasteiger partial charge is 0.168 e. The van der Waals surface area contributed by atoms with Crippen LogP contribution in [0.1, 0.15) is 24.2 Å². The van der Waals surface area contributed by atoms with Gasteiger partial charge in [0.2, 0.25) is 0 Å². The topological polar surface area (TPSA) is 20.3 Å². The van der Waals surface area contributed by atoms with Crippen LogP contribution >= 0.6 is 0 Å². The van der Waals surface area contributed by atoms with E-state index >= 15 is 0 Å². The van der Waals surface area contributed by atoms with E-state index in [9.17, 15) is 4.79 Å². The summed E-state index contributed by atoms with van der Waals surface area (Å²) in [5.41, 5.74) is 0.797. The molecular weight excluding hydrogens is 234 g/mol. The largest absolute Gasteiger partial charge is 0.303 e. The van der Waals surface area contributed by atoms with Gasteiger partial charge in [0.25, 0.3) is 0 Å². The van der Waals surface area contributed by atoms with E-state index in [0.717, 1.165) is 36.0 Å². The summed E-state index contributed by atoms with van der Waals surface area (Å²) >= 11 is 0. The second kappa shape index (κ2) is 6.48. The van der Waals surface area contributed by atoms with E-state index in [2.05, 4.69) is 18.7 Å². The Bertz CT molecular complexity index is 553. The highest BCUT2D eigenvalue weighted by atomic mass is 16.1. The number of carbonyl (C=O) groups excluding carboxylic acids is 1. The van der Waals surface area contributed by atoms with Crippen LogP contribution in [0.5, 0.6) is 0 Å². The minimum absolute atomic E-state index is 0.115. The Morgan fingerprint density at radius 3 is 2.47 bits per heavy atom. The summed E-state index contributed by atoms with van der Waals surface area (Å²) in [7, 11) is 0. The average Bonchev–Trinajstić information content (AvgIpc) is 2.47. The van der Waals surface area contributed by atoms with Gasteiger partial charge in [-0.3, -0.25) is 4.79 Å². The first-order chi connectivity index (χ1) is 9.26. The van der Waals surface area contributed by atoms with Crippen molar-refractivity contribution in [2.24, 2.45) is 0 Å². The highest BCUT2D eigenvalue weighted by Crippen LogP contribution is 2.19. The Hall–Kier alpha value is -1.67. The lowest BCUT2D eigenvalue weighted by molar-refractivity contribution is 0.102. The van der Waals surface area contributed by atoms with Crippen molar-refractivity contribution in [3.05, 3.63) is 54.4 Å². The number of hydrogen-bond donors (Lipinski definition) is 0. The lowest BCUT2D eigenvalue weighted by Gasteiger charge is -2.17. The lowest BCUT2D eigenvalue weighted by Crippen LogP contribution is -2.26. The van der Waals surface area contributed by atoms with E-state index < -0.39 is 0 Å². The van der Waals surface area contributed by atoms with Crippen LogP contribution < -0.4 is 0 Å². The third kappa shape index (κ3) is 3.21. The average molecular weight is 254 g/mol. The summed E-state index contributed by atoms with van der Waals surface area (Å²) in [6.45, 7) is 6.88. The first kappa shape index (κ1) is 13.8. The Morgan fingerprint density at radius 1 is 1.05 bits per heavy atom. The number of ketones is 1. The van der Waals surface area contributed by atoms with Gasteiger partial charge in [-0.05, 0) is 23.9 Å². The molecule has 2 heteroatoms. The van der Waals surface area contributed by atoms with Crippen molar-refractivity contribution in [3.63, 3.8) is 0 Å². The van der Waals surface area contributed by atoms with Crippen LogP contribution in [-0.2, 0) is 0 Å². The van der Waals surface area contributed by atoms with E-state index in [1.54, 1.807) is 6.42 Å². The van der Waals surface area contributed by atoms with Crippen molar-refractivity contribution < 1.29 is 4.79 Å². The SMILES string of the molecule is CCN(CC)C[CH]C(=O)c1cccc2ccccc12. The Kier molecular flexibility index (Phi) is 4.69. The van der Waals surface area contributed by atoms with E-state index in [0.29, 0.717) is 0 Å². The molecule has 0 aliphatic heterocycles. The molecular formula is C17H20NO. The molecule has 0 aliphatic rings. The molecule has 0 heterocycles. The Labute approximate surface area is 115 Å². The van der Waals surface area contributed by atoms with Gasteiger partial charge in [0, 0.05) is 18.5 Å². The fourth-order valence-corrected chi connectivity index (χ4v) is 2.24. The number of benzene rings is 2. The van der Waals surface area contributed by atoms with Gasteiger partial charge in [-0.15, -0.1) is 0 Å². The summed E-state index contributed by atoms with van der Waals surface area (Å²) in [6.07, 6.45) is 1.79. The maximum absolute atomic E-state index is 12.3. The molecule has 19 heavy (non-hydrogen) atoms. The molecule has 0 N–H and O–H groups in total. The standard InChI is InChI=1S/C17H20NO/c1-3-18(4-2)13-12-17(19)16-11-7-9-14-8-5-6-10-15(14)16/h5-12H,3-4,13H2,1-2H3. The van der Waals surface area contributed by atoms with Gasteiger partial charge in [-0.25, -0.2) is 0 Å². The Morgan fingerprint density at radius 2 is 1.74 bits per heavy atom. The number of carbonyl (C=O) groups is 1. The van der Waals surface area contributed by atoms with Crippen LogP contribution in [-0.4, -0.2) is 30.3 Å². The van der Waals surface area contributed by atoms with Gasteiger partial charge >= 0.3 is 0 Å². The summed E-state index contributed by atoms with van der Waals surface area (Å²) in [6, 6.07) is 13.9. The normalized spacial score (nSPS) is 11.1. The fourth-order valence-electron chi connectivity index (χ4n) is 2.24. The predicted molar refractivity (Wildman–Crippen MR) is 80.4 cm³/mol. The quantitative estimate of drug-likeness (QED) is 0.734. The second-order valence-electron chi connectivity index (χ2n) is 4.58. The highest BCUT2D eigenvalue weighted by Gasteiger charge is 2.11. The predicted octanol–water partition coefficient (Wildman–Crippen LogP) is 3.57. The number of fused-ring (bicyclic) bond motifs is 1. The van der Waals surface area contributed by atoms with E-state index in [4.69, 9.17) is 0 Å². The van der Waals surface area contributed by atoms with Gasteiger partial charge in [0.15, 0.2) is 5.78 Å². The van der Waals surface area contributed by atoms with Crippen LogP contribution in [0.3, 0.4) is 0 Å². The van der Waals surface area contributed by atoms with Crippen molar-refractivity contribution in [2.45, 2.75) is 13.8 Å². The molecule has 0 spiro atoms. The lowest BCUT2D eigenvalue weighted by atomic mass is 10.00. The molecule has 0 unspecified atom stereocenters. The molecule has 0 aliphatic carbocycles.